The summed E-state index contributed by atoms with van der Waals surface area (Å²) in [6, 6.07) is 7.72. The number of benzene rings is 1. The van der Waals surface area contributed by atoms with Gasteiger partial charge in [0.05, 0.1) is 0 Å². The quantitative estimate of drug-likeness (QED) is 0.780. The fourth-order valence-corrected chi connectivity index (χ4v) is 2.68. The molecule has 1 saturated carbocycles. The second-order valence-electron chi connectivity index (χ2n) is 5.24. The van der Waals surface area contributed by atoms with E-state index in [4.69, 9.17) is 0 Å². The van der Waals surface area contributed by atoms with Crippen molar-refractivity contribution in [1.29, 1.82) is 0 Å². The zero-order valence-electron chi connectivity index (χ0n) is 10.3. The third kappa shape index (κ3) is 2.78. The molecule has 0 radical (unpaired) electrons. The van der Waals surface area contributed by atoms with Crippen molar-refractivity contribution < 1.29 is 5.11 Å². The molecule has 1 aliphatic rings. The van der Waals surface area contributed by atoms with Crippen LogP contribution in [0.1, 0.15) is 51.0 Å². The van der Waals surface area contributed by atoms with E-state index >= 15 is 0 Å². The van der Waals surface area contributed by atoms with Gasteiger partial charge in [-0.25, -0.2) is 0 Å². The fraction of sp³-hybridized carbons (Fsp3) is 0.600. The molecule has 16 heavy (non-hydrogen) atoms. The van der Waals surface area contributed by atoms with E-state index in [0.717, 1.165) is 11.8 Å². The lowest BCUT2D eigenvalue weighted by molar-refractivity contribution is 0.386. The Kier molecular flexibility index (Phi) is 3.52. The standard InChI is InChI=1S/C15H22O/c1-3-12(13-7-8-13)9-11(2)14-5-4-6-15(16)10-14/h4-6,10-13,16H,3,7-9H2,1-2H3. The predicted molar refractivity (Wildman–Crippen MR) is 67.6 cm³/mol. The van der Waals surface area contributed by atoms with Crippen LogP contribution in [-0.4, -0.2) is 5.11 Å². The van der Waals surface area contributed by atoms with Crippen LogP contribution in [0.15, 0.2) is 24.3 Å². The highest BCUT2D eigenvalue weighted by Gasteiger charge is 2.30. The Morgan fingerprint density at radius 3 is 2.69 bits per heavy atom. The van der Waals surface area contributed by atoms with E-state index in [2.05, 4.69) is 19.9 Å². The second-order valence-corrected chi connectivity index (χ2v) is 5.24. The van der Waals surface area contributed by atoms with Gasteiger partial charge in [0.25, 0.3) is 0 Å². The molecule has 1 aromatic rings. The number of phenolic OH excluding ortho intramolecular Hbond substituents is 1. The van der Waals surface area contributed by atoms with Crippen LogP contribution >= 0.6 is 0 Å². The Labute approximate surface area is 98.5 Å². The van der Waals surface area contributed by atoms with Crippen molar-refractivity contribution in [2.75, 3.05) is 0 Å². The topological polar surface area (TPSA) is 20.2 Å². The van der Waals surface area contributed by atoms with E-state index in [0.29, 0.717) is 11.7 Å². The molecule has 1 nitrogen and oxygen atoms in total. The summed E-state index contributed by atoms with van der Waals surface area (Å²) in [5, 5.41) is 9.47. The van der Waals surface area contributed by atoms with Crippen LogP contribution in [0.25, 0.3) is 0 Å². The monoisotopic (exact) mass is 218 g/mol. The molecular weight excluding hydrogens is 196 g/mol. The number of hydrogen-bond donors (Lipinski definition) is 1. The average Bonchev–Trinajstić information content (AvgIpc) is 3.09. The van der Waals surface area contributed by atoms with Crippen LogP contribution in [0.4, 0.5) is 0 Å². The number of aromatic hydroxyl groups is 1. The van der Waals surface area contributed by atoms with E-state index < -0.39 is 0 Å². The maximum atomic E-state index is 9.47. The van der Waals surface area contributed by atoms with Crippen molar-refractivity contribution in [1.82, 2.24) is 0 Å². The SMILES string of the molecule is CCC(CC(C)c1cccc(O)c1)C1CC1. The lowest BCUT2D eigenvalue weighted by Crippen LogP contribution is -2.06. The molecular formula is C15H22O. The highest BCUT2D eigenvalue weighted by molar-refractivity contribution is 5.29. The molecule has 2 unspecified atom stereocenters. The highest BCUT2D eigenvalue weighted by Crippen LogP contribution is 2.43. The minimum absolute atomic E-state index is 0.392. The summed E-state index contributed by atoms with van der Waals surface area (Å²) >= 11 is 0. The third-order valence-corrected chi connectivity index (χ3v) is 3.91. The van der Waals surface area contributed by atoms with E-state index in [9.17, 15) is 5.11 Å². The van der Waals surface area contributed by atoms with E-state index in [-0.39, 0.29) is 0 Å². The zero-order valence-corrected chi connectivity index (χ0v) is 10.3. The molecule has 1 aliphatic carbocycles. The first-order valence-corrected chi connectivity index (χ1v) is 6.49. The van der Waals surface area contributed by atoms with E-state index in [1.54, 1.807) is 6.07 Å². The van der Waals surface area contributed by atoms with Gasteiger partial charge in [0, 0.05) is 0 Å². The van der Waals surface area contributed by atoms with Crippen LogP contribution in [0.5, 0.6) is 5.75 Å². The lowest BCUT2D eigenvalue weighted by Gasteiger charge is -2.19. The molecule has 0 spiro atoms. The molecule has 2 rings (SSSR count). The lowest BCUT2D eigenvalue weighted by atomic mass is 9.86. The number of phenols is 1. The average molecular weight is 218 g/mol. The summed E-state index contributed by atoms with van der Waals surface area (Å²) in [7, 11) is 0. The Morgan fingerprint density at radius 1 is 1.38 bits per heavy atom. The second kappa shape index (κ2) is 4.90. The molecule has 1 aromatic carbocycles. The summed E-state index contributed by atoms with van der Waals surface area (Å²) in [5.74, 6) is 2.84. The van der Waals surface area contributed by atoms with Crippen molar-refractivity contribution in [3.05, 3.63) is 29.8 Å². The van der Waals surface area contributed by atoms with Crippen LogP contribution in [0, 0.1) is 11.8 Å². The van der Waals surface area contributed by atoms with Crippen LogP contribution in [-0.2, 0) is 0 Å². The van der Waals surface area contributed by atoms with Gasteiger partial charge in [-0.15, -0.1) is 0 Å². The largest absolute Gasteiger partial charge is 0.508 e. The molecule has 0 heterocycles. The normalized spacial score (nSPS) is 19.4. The maximum Gasteiger partial charge on any atom is 0.115 e. The van der Waals surface area contributed by atoms with Crippen molar-refractivity contribution >= 4 is 0 Å². The van der Waals surface area contributed by atoms with Crippen molar-refractivity contribution in [3.8, 4) is 5.75 Å². The molecule has 1 fully saturated rings. The summed E-state index contributed by atoms with van der Waals surface area (Å²) in [5.41, 5.74) is 1.28. The minimum Gasteiger partial charge on any atom is -0.508 e. The van der Waals surface area contributed by atoms with Gasteiger partial charge in [-0.05, 0) is 54.7 Å². The van der Waals surface area contributed by atoms with Gasteiger partial charge < -0.3 is 5.11 Å². The van der Waals surface area contributed by atoms with Gasteiger partial charge in [-0.2, -0.15) is 0 Å². The zero-order chi connectivity index (χ0) is 11.5. The first-order chi connectivity index (χ1) is 7.70. The van der Waals surface area contributed by atoms with Gasteiger partial charge in [-0.1, -0.05) is 32.4 Å². The van der Waals surface area contributed by atoms with Crippen LogP contribution < -0.4 is 0 Å². The molecule has 2 atom stereocenters. The van der Waals surface area contributed by atoms with Gasteiger partial charge in [0.1, 0.15) is 5.75 Å². The van der Waals surface area contributed by atoms with Gasteiger partial charge >= 0.3 is 0 Å². The number of rotatable bonds is 5. The van der Waals surface area contributed by atoms with Gasteiger partial charge in [-0.3, -0.25) is 0 Å². The summed E-state index contributed by atoms with van der Waals surface area (Å²) < 4.78 is 0. The number of hydrogen-bond acceptors (Lipinski definition) is 1. The van der Waals surface area contributed by atoms with Crippen molar-refractivity contribution in [2.24, 2.45) is 11.8 Å². The van der Waals surface area contributed by atoms with Gasteiger partial charge in [0.2, 0.25) is 0 Å². The van der Waals surface area contributed by atoms with Crippen molar-refractivity contribution in [3.63, 3.8) is 0 Å². The molecule has 1 heteroatoms. The Balaban J connectivity index is 1.98. The summed E-state index contributed by atoms with van der Waals surface area (Å²) in [4.78, 5) is 0. The Morgan fingerprint density at radius 2 is 2.12 bits per heavy atom. The maximum absolute atomic E-state index is 9.47. The summed E-state index contributed by atoms with van der Waals surface area (Å²) in [6.07, 6.45) is 5.44. The smallest absolute Gasteiger partial charge is 0.115 e. The van der Waals surface area contributed by atoms with E-state index in [1.165, 1.54) is 31.2 Å². The summed E-state index contributed by atoms with van der Waals surface area (Å²) in [6.45, 7) is 4.58. The predicted octanol–water partition coefficient (Wildman–Crippen LogP) is 4.32. The van der Waals surface area contributed by atoms with Crippen LogP contribution in [0.2, 0.25) is 0 Å². The molecule has 0 saturated heterocycles. The first kappa shape index (κ1) is 11.5. The molecule has 0 bridgehead atoms. The molecule has 1 N–H and O–H groups in total. The Bertz CT molecular complexity index is 341. The molecule has 0 aliphatic heterocycles. The first-order valence-electron chi connectivity index (χ1n) is 6.49. The molecule has 0 aromatic heterocycles. The van der Waals surface area contributed by atoms with E-state index in [1.807, 2.05) is 12.1 Å². The minimum atomic E-state index is 0.392. The highest BCUT2D eigenvalue weighted by atomic mass is 16.3. The Hall–Kier alpha value is -0.980. The molecule has 88 valence electrons. The molecule has 0 amide bonds. The third-order valence-electron chi connectivity index (χ3n) is 3.91. The fourth-order valence-electron chi connectivity index (χ4n) is 2.68. The van der Waals surface area contributed by atoms with Gasteiger partial charge in [0.15, 0.2) is 0 Å². The van der Waals surface area contributed by atoms with Crippen molar-refractivity contribution in [2.45, 2.75) is 45.4 Å². The van der Waals surface area contributed by atoms with Crippen LogP contribution in [0.3, 0.4) is 0 Å².